The second kappa shape index (κ2) is 6.37. The maximum Gasteiger partial charge on any atom is 0.264 e. The molecule has 0 atom stereocenters. The first kappa shape index (κ1) is 15.5. The number of aryl methyl sites for hydroxylation is 1. The van der Waals surface area contributed by atoms with Crippen LogP contribution in [-0.2, 0) is 0 Å². The Kier molecular flexibility index (Phi) is 4.29. The molecular formula is C16H17N3O3S. The lowest BCUT2D eigenvalue weighted by Crippen LogP contribution is -2.50. The number of nitrogens with zero attached hydrogens (tertiary/aromatic N) is 2. The molecule has 0 radical (unpaired) electrons. The third-order valence-electron chi connectivity index (χ3n) is 3.83. The van der Waals surface area contributed by atoms with Crippen molar-refractivity contribution in [3.05, 3.63) is 56.1 Å². The topological polar surface area (TPSA) is 73.5 Å². The van der Waals surface area contributed by atoms with Crippen molar-refractivity contribution >= 4 is 23.2 Å². The van der Waals surface area contributed by atoms with E-state index in [1.54, 1.807) is 15.9 Å². The Balaban J connectivity index is 1.63. The zero-order valence-electron chi connectivity index (χ0n) is 12.7. The molecule has 0 spiro atoms. The average molecular weight is 331 g/mol. The van der Waals surface area contributed by atoms with Crippen LogP contribution in [0, 0.1) is 6.92 Å². The van der Waals surface area contributed by atoms with E-state index in [0.717, 1.165) is 9.75 Å². The van der Waals surface area contributed by atoms with Gasteiger partial charge in [0.15, 0.2) is 0 Å². The van der Waals surface area contributed by atoms with Gasteiger partial charge in [0.2, 0.25) is 5.56 Å². The molecular weight excluding hydrogens is 314 g/mol. The largest absolute Gasteiger partial charge is 0.335 e. The van der Waals surface area contributed by atoms with Crippen LogP contribution in [0.2, 0.25) is 0 Å². The SMILES string of the molecule is Cc1ccc(C(=O)N2CCN(C(=O)c3cc[nH]c(=O)c3)CC2)s1. The Bertz CT molecular complexity index is 788. The Morgan fingerprint density at radius 3 is 2.26 bits per heavy atom. The van der Waals surface area contributed by atoms with Crippen molar-refractivity contribution in [2.24, 2.45) is 0 Å². The molecule has 2 amide bonds. The zero-order valence-corrected chi connectivity index (χ0v) is 13.6. The quantitative estimate of drug-likeness (QED) is 0.902. The number of hydrogen-bond donors (Lipinski definition) is 1. The van der Waals surface area contributed by atoms with Crippen LogP contribution >= 0.6 is 11.3 Å². The molecule has 6 nitrogen and oxygen atoms in total. The highest BCUT2D eigenvalue weighted by atomic mass is 32.1. The van der Waals surface area contributed by atoms with Gasteiger partial charge >= 0.3 is 0 Å². The Morgan fingerprint density at radius 1 is 1.04 bits per heavy atom. The number of pyridine rings is 1. The molecule has 0 unspecified atom stereocenters. The van der Waals surface area contributed by atoms with Gasteiger partial charge in [0, 0.05) is 48.9 Å². The van der Waals surface area contributed by atoms with Gasteiger partial charge in [-0.15, -0.1) is 11.3 Å². The summed E-state index contributed by atoms with van der Waals surface area (Å²) in [6, 6.07) is 6.67. The number of rotatable bonds is 2. The van der Waals surface area contributed by atoms with Crippen molar-refractivity contribution in [2.45, 2.75) is 6.92 Å². The summed E-state index contributed by atoms with van der Waals surface area (Å²) in [4.78, 5) is 43.8. The molecule has 0 bridgehead atoms. The van der Waals surface area contributed by atoms with E-state index in [4.69, 9.17) is 0 Å². The predicted molar refractivity (Wildman–Crippen MR) is 87.9 cm³/mol. The van der Waals surface area contributed by atoms with Crippen molar-refractivity contribution in [3.8, 4) is 0 Å². The van der Waals surface area contributed by atoms with Crippen molar-refractivity contribution in [3.63, 3.8) is 0 Å². The van der Waals surface area contributed by atoms with Crippen molar-refractivity contribution in [1.29, 1.82) is 0 Å². The molecule has 1 N–H and O–H groups in total. The van der Waals surface area contributed by atoms with Gasteiger partial charge < -0.3 is 14.8 Å². The standard InChI is InChI=1S/C16H17N3O3S/c1-11-2-3-13(23-11)16(22)19-8-6-18(7-9-19)15(21)12-4-5-17-14(20)10-12/h2-5,10H,6-9H2,1H3,(H,17,20). The van der Waals surface area contributed by atoms with Crippen LogP contribution in [0.15, 0.2) is 35.3 Å². The highest BCUT2D eigenvalue weighted by molar-refractivity contribution is 7.13. The smallest absolute Gasteiger partial charge is 0.264 e. The lowest BCUT2D eigenvalue weighted by molar-refractivity contribution is 0.0538. The minimum Gasteiger partial charge on any atom is -0.335 e. The normalized spacial score (nSPS) is 14.8. The van der Waals surface area contributed by atoms with E-state index >= 15 is 0 Å². The molecule has 2 aromatic heterocycles. The summed E-state index contributed by atoms with van der Waals surface area (Å²) in [5.74, 6) is -0.151. The van der Waals surface area contributed by atoms with Gasteiger partial charge in [0.1, 0.15) is 0 Å². The minimum absolute atomic E-state index is 0.0198. The lowest BCUT2D eigenvalue weighted by atomic mass is 10.2. The van der Waals surface area contributed by atoms with Gasteiger partial charge in [-0.3, -0.25) is 14.4 Å². The number of thiophene rings is 1. The first-order chi connectivity index (χ1) is 11.0. The third-order valence-corrected chi connectivity index (χ3v) is 4.82. The summed E-state index contributed by atoms with van der Waals surface area (Å²) in [5.41, 5.74) is 0.0835. The molecule has 2 aromatic rings. The second-order valence-corrected chi connectivity index (χ2v) is 6.72. The predicted octanol–water partition coefficient (Wildman–Crippen LogP) is 1.34. The van der Waals surface area contributed by atoms with Gasteiger partial charge in [-0.05, 0) is 25.1 Å². The second-order valence-electron chi connectivity index (χ2n) is 5.44. The first-order valence-corrected chi connectivity index (χ1v) is 8.20. The molecule has 3 rings (SSSR count). The first-order valence-electron chi connectivity index (χ1n) is 7.38. The number of amides is 2. The number of nitrogens with one attached hydrogen (secondary N) is 1. The monoisotopic (exact) mass is 331 g/mol. The van der Waals surface area contributed by atoms with Gasteiger partial charge in [-0.1, -0.05) is 0 Å². The fraction of sp³-hybridized carbons (Fsp3) is 0.312. The van der Waals surface area contributed by atoms with Gasteiger partial charge in [-0.2, -0.15) is 0 Å². The summed E-state index contributed by atoms with van der Waals surface area (Å²) in [6.07, 6.45) is 1.47. The summed E-state index contributed by atoms with van der Waals surface area (Å²) in [7, 11) is 0. The van der Waals surface area contributed by atoms with E-state index in [9.17, 15) is 14.4 Å². The van der Waals surface area contributed by atoms with Crippen LogP contribution < -0.4 is 5.56 Å². The van der Waals surface area contributed by atoms with E-state index in [-0.39, 0.29) is 17.4 Å². The molecule has 0 aromatic carbocycles. The number of carbonyl (C=O) groups excluding carboxylic acids is 2. The van der Waals surface area contributed by atoms with E-state index in [1.807, 2.05) is 19.1 Å². The number of aromatic amines is 1. The fourth-order valence-corrected chi connectivity index (χ4v) is 3.41. The Morgan fingerprint density at radius 2 is 1.70 bits per heavy atom. The third kappa shape index (κ3) is 3.34. The molecule has 0 saturated carbocycles. The maximum atomic E-state index is 12.4. The minimum atomic E-state index is -0.294. The highest BCUT2D eigenvalue weighted by Crippen LogP contribution is 2.18. The molecule has 1 saturated heterocycles. The Labute approximate surface area is 137 Å². The summed E-state index contributed by atoms with van der Waals surface area (Å²) < 4.78 is 0. The van der Waals surface area contributed by atoms with Gasteiger partial charge in [0.25, 0.3) is 11.8 Å². The number of piperazine rings is 1. The lowest BCUT2D eigenvalue weighted by Gasteiger charge is -2.34. The summed E-state index contributed by atoms with van der Waals surface area (Å²) in [5, 5.41) is 0. The van der Waals surface area contributed by atoms with E-state index in [1.165, 1.54) is 23.6 Å². The molecule has 23 heavy (non-hydrogen) atoms. The molecule has 7 heteroatoms. The molecule has 3 heterocycles. The molecule has 1 aliphatic rings. The van der Waals surface area contributed by atoms with Crippen molar-refractivity contribution in [2.75, 3.05) is 26.2 Å². The molecule has 120 valence electrons. The highest BCUT2D eigenvalue weighted by Gasteiger charge is 2.26. The van der Waals surface area contributed by atoms with Crippen LogP contribution in [0.1, 0.15) is 24.9 Å². The summed E-state index contributed by atoms with van der Waals surface area (Å²) >= 11 is 1.49. The number of aromatic nitrogens is 1. The Hall–Kier alpha value is -2.41. The fourth-order valence-electron chi connectivity index (χ4n) is 2.58. The van der Waals surface area contributed by atoms with Crippen LogP contribution in [0.5, 0.6) is 0 Å². The number of H-pyrrole nitrogens is 1. The van der Waals surface area contributed by atoms with Crippen LogP contribution in [-0.4, -0.2) is 52.8 Å². The number of carbonyl (C=O) groups is 2. The van der Waals surface area contributed by atoms with E-state index < -0.39 is 0 Å². The van der Waals surface area contributed by atoms with Crippen LogP contribution in [0.25, 0.3) is 0 Å². The zero-order chi connectivity index (χ0) is 16.4. The molecule has 1 fully saturated rings. The van der Waals surface area contributed by atoms with Crippen molar-refractivity contribution < 1.29 is 9.59 Å². The van der Waals surface area contributed by atoms with Crippen molar-refractivity contribution in [1.82, 2.24) is 14.8 Å². The number of hydrogen-bond acceptors (Lipinski definition) is 4. The van der Waals surface area contributed by atoms with Crippen LogP contribution in [0.4, 0.5) is 0 Å². The van der Waals surface area contributed by atoms with Crippen LogP contribution in [0.3, 0.4) is 0 Å². The maximum absolute atomic E-state index is 12.4. The summed E-state index contributed by atoms with van der Waals surface area (Å²) in [6.45, 7) is 3.93. The van der Waals surface area contributed by atoms with E-state index in [2.05, 4.69) is 4.98 Å². The molecule has 0 aliphatic carbocycles. The van der Waals surface area contributed by atoms with Gasteiger partial charge in [-0.25, -0.2) is 0 Å². The molecule has 1 aliphatic heterocycles. The van der Waals surface area contributed by atoms with E-state index in [0.29, 0.717) is 31.7 Å². The van der Waals surface area contributed by atoms with Gasteiger partial charge in [0.05, 0.1) is 4.88 Å². The average Bonchev–Trinajstić information content (AvgIpc) is 3.00.